The van der Waals surface area contributed by atoms with Crippen LogP contribution in [0.15, 0.2) is 36.5 Å². The Bertz CT molecular complexity index is 760. The molecule has 0 spiro atoms. The van der Waals surface area contributed by atoms with Crippen molar-refractivity contribution in [2.24, 2.45) is 0 Å². The molecule has 0 aromatic carbocycles. The summed E-state index contributed by atoms with van der Waals surface area (Å²) in [5.74, 6) is -0.0756. The summed E-state index contributed by atoms with van der Waals surface area (Å²) in [5.41, 5.74) is 0. The molecule has 0 saturated carbocycles. The van der Waals surface area contributed by atoms with Crippen LogP contribution in [0, 0.1) is 0 Å². The van der Waals surface area contributed by atoms with Crippen molar-refractivity contribution in [1.29, 1.82) is 0 Å². The van der Waals surface area contributed by atoms with Gasteiger partial charge in [-0.2, -0.15) is 0 Å². The molecule has 0 bridgehead atoms. The van der Waals surface area contributed by atoms with Crippen LogP contribution in [0.4, 0.5) is 0 Å². The molecule has 0 aliphatic carbocycles. The van der Waals surface area contributed by atoms with Gasteiger partial charge in [-0.15, -0.1) is 0 Å². The molecular formula is C46H87NO3. The van der Waals surface area contributed by atoms with Gasteiger partial charge in [0.05, 0.1) is 18.8 Å². The molecule has 2 unspecified atom stereocenters. The van der Waals surface area contributed by atoms with E-state index in [4.69, 9.17) is 0 Å². The third-order valence-electron chi connectivity index (χ3n) is 10.1. The minimum atomic E-state index is -0.859. The van der Waals surface area contributed by atoms with Crippen molar-refractivity contribution in [2.45, 2.75) is 244 Å². The molecule has 0 aliphatic heterocycles. The molecule has 3 N–H and O–H groups in total. The fourth-order valence-electron chi connectivity index (χ4n) is 6.66. The summed E-state index contributed by atoms with van der Waals surface area (Å²) < 4.78 is 0. The molecule has 0 heterocycles. The molecule has 1 amide bonds. The highest BCUT2D eigenvalue weighted by molar-refractivity contribution is 5.76. The van der Waals surface area contributed by atoms with E-state index in [1.165, 1.54) is 180 Å². The molecule has 0 aromatic rings. The van der Waals surface area contributed by atoms with Gasteiger partial charge in [0.2, 0.25) is 5.91 Å². The van der Waals surface area contributed by atoms with Crippen LogP contribution >= 0.6 is 0 Å². The van der Waals surface area contributed by atoms with Gasteiger partial charge in [-0.3, -0.25) is 4.79 Å². The summed E-state index contributed by atoms with van der Waals surface area (Å²) in [4.78, 5) is 12.3. The lowest BCUT2D eigenvalue weighted by atomic mass is 10.0. The fraction of sp³-hybridized carbons (Fsp3) is 0.848. The van der Waals surface area contributed by atoms with E-state index in [0.29, 0.717) is 6.42 Å². The number of amides is 1. The Morgan fingerprint density at radius 2 is 0.780 bits per heavy atom. The lowest BCUT2D eigenvalue weighted by Crippen LogP contribution is -2.45. The number of aliphatic hydroxyl groups excluding tert-OH is 2. The van der Waals surface area contributed by atoms with Crippen LogP contribution in [0.2, 0.25) is 0 Å². The summed E-state index contributed by atoms with van der Waals surface area (Å²) in [5, 5.41) is 22.9. The molecule has 4 nitrogen and oxygen atoms in total. The van der Waals surface area contributed by atoms with Gasteiger partial charge in [0.25, 0.3) is 0 Å². The molecule has 0 saturated heterocycles. The highest BCUT2D eigenvalue weighted by Gasteiger charge is 2.17. The third-order valence-corrected chi connectivity index (χ3v) is 10.1. The van der Waals surface area contributed by atoms with Gasteiger partial charge in [-0.1, -0.05) is 204 Å². The standard InChI is InChI=1S/C46H87NO3/c1-3-5-7-9-11-13-15-16-17-18-19-20-21-22-23-24-25-26-27-28-29-30-31-32-34-36-38-40-42-46(50)47-44(43-48)45(49)41-39-37-35-33-14-12-10-8-6-4-2/h14,22-23,33,39,41,44-45,48-49H,3-13,15-21,24-32,34-38,40,42-43H2,1-2H3,(H,47,50)/b23-22-,33-14+,41-39+. The van der Waals surface area contributed by atoms with E-state index < -0.39 is 12.1 Å². The fourth-order valence-corrected chi connectivity index (χ4v) is 6.66. The first-order valence-corrected chi connectivity index (χ1v) is 22.2. The summed E-state index contributed by atoms with van der Waals surface area (Å²) in [6.07, 6.45) is 55.6. The number of carbonyl (C=O) groups excluding carboxylic acids is 1. The molecule has 0 rings (SSSR count). The van der Waals surface area contributed by atoms with E-state index in [9.17, 15) is 15.0 Å². The summed E-state index contributed by atoms with van der Waals surface area (Å²) in [6, 6.07) is -0.636. The molecule has 0 aromatic heterocycles. The van der Waals surface area contributed by atoms with Crippen LogP contribution in [0.5, 0.6) is 0 Å². The van der Waals surface area contributed by atoms with Crippen LogP contribution in [-0.2, 0) is 4.79 Å². The lowest BCUT2D eigenvalue weighted by molar-refractivity contribution is -0.123. The van der Waals surface area contributed by atoms with E-state index in [-0.39, 0.29) is 12.5 Å². The Balaban J connectivity index is 3.47. The van der Waals surface area contributed by atoms with Gasteiger partial charge in [0.1, 0.15) is 0 Å². The Morgan fingerprint density at radius 3 is 1.18 bits per heavy atom. The maximum atomic E-state index is 12.3. The van der Waals surface area contributed by atoms with E-state index in [2.05, 4.69) is 43.5 Å². The number of nitrogens with one attached hydrogen (secondary N) is 1. The number of unbranched alkanes of at least 4 members (excludes halogenated alkanes) is 29. The number of allylic oxidation sites excluding steroid dienone is 5. The van der Waals surface area contributed by atoms with Crippen molar-refractivity contribution in [3.8, 4) is 0 Å². The van der Waals surface area contributed by atoms with Crippen LogP contribution in [0.25, 0.3) is 0 Å². The van der Waals surface area contributed by atoms with Gasteiger partial charge >= 0.3 is 0 Å². The molecule has 2 atom stereocenters. The van der Waals surface area contributed by atoms with Crippen LogP contribution < -0.4 is 5.32 Å². The maximum absolute atomic E-state index is 12.3. The number of rotatable bonds is 40. The van der Waals surface area contributed by atoms with Crippen molar-refractivity contribution >= 4 is 5.91 Å². The lowest BCUT2D eigenvalue weighted by Gasteiger charge is -2.19. The highest BCUT2D eigenvalue weighted by Crippen LogP contribution is 2.15. The van der Waals surface area contributed by atoms with Crippen molar-refractivity contribution in [3.05, 3.63) is 36.5 Å². The number of hydrogen-bond acceptors (Lipinski definition) is 3. The Morgan fingerprint density at radius 1 is 0.460 bits per heavy atom. The average molecular weight is 702 g/mol. The molecule has 0 fully saturated rings. The van der Waals surface area contributed by atoms with Gasteiger partial charge in [0.15, 0.2) is 0 Å². The topological polar surface area (TPSA) is 69.6 Å². The second-order valence-corrected chi connectivity index (χ2v) is 15.1. The quantitative estimate of drug-likeness (QED) is 0.0440. The van der Waals surface area contributed by atoms with E-state index in [0.717, 1.165) is 32.1 Å². The molecule has 294 valence electrons. The minimum Gasteiger partial charge on any atom is -0.394 e. The van der Waals surface area contributed by atoms with Crippen LogP contribution in [0.1, 0.15) is 232 Å². The summed E-state index contributed by atoms with van der Waals surface area (Å²) in [7, 11) is 0. The zero-order valence-corrected chi connectivity index (χ0v) is 33.7. The summed E-state index contributed by atoms with van der Waals surface area (Å²) in [6.45, 7) is 4.27. The molecule has 50 heavy (non-hydrogen) atoms. The molecule has 4 heteroatoms. The number of aliphatic hydroxyl groups is 2. The second kappa shape index (κ2) is 42.0. The van der Waals surface area contributed by atoms with Gasteiger partial charge in [-0.25, -0.2) is 0 Å². The number of hydrogen-bond donors (Lipinski definition) is 3. The minimum absolute atomic E-state index is 0.0756. The first kappa shape index (κ1) is 48.6. The van der Waals surface area contributed by atoms with Crippen molar-refractivity contribution < 1.29 is 15.0 Å². The van der Waals surface area contributed by atoms with Crippen molar-refractivity contribution in [1.82, 2.24) is 5.32 Å². The molecular weight excluding hydrogens is 615 g/mol. The summed E-state index contributed by atoms with van der Waals surface area (Å²) >= 11 is 0. The van der Waals surface area contributed by atoms with E-state index in [1.807, 2.05) is 6.08 Å². The normalized spacial score (nSPS) is 13.3. The third kappa shape index (κ3) is 37.9. The number of carbonyl (C=O) groups is 1. The highest BCUT2D eigenvalue weighted by atomic mass is 16.3. The van der Waals surface area contributed by atoms with Gasteiger partial charge in [0, 0.05) is 6.42 Å². The van der Waals surface area contributed by atoms with Crippen LogP contribution in [-0.4, -0.2) is 34.9 Å². The SMILES string of the molecule is CCCCCC/C=C/CC/C=C/C(O)C(CO)NC(=O)CCCCCCCCCCCCCC/C=C\CCCCCCCCCCCCCC. The first-order chi connectivity index (χ1) is 24.7. The Kier molecular flexibility index (Phi) is 40.9. The van der Waals surface area contributed by atoms with Crippen LogP contribution in [0.3, 0.4) is 0 Å². The average Bonchev–Trinajstić information content (AvgIpc) is 3.12. The second-order valence-electron chi connectivity index (χ2n) is 15.1. The zero-order valence-electron chi connectivity index (χ0n) is 33.7. The van der Waals surface area contributed by atoms with E-state index in [1.54, 1.807) is 6.08 Å². The Hall–Kier alpha value is -1.39. The zero-order chi connectivity index (χ0) is 36.4. The monoisotopic (exact) mass is 702 g/mol. The molecule has 0 radical (unpaired) electrons. The first-order valence-electron chi connectivity index (χ1n) is 22.2. The predicted octanol–water partition coefficient (Wildman–Crippen LogP) is 13.8. The van der Waals surface area contributed by atoms with Crippen molar-refractivity contribution in [2.75, 3.05) is 6.61 Å². The largest absolute Gasteiger partial charge is 0.394 e. The Labute approximate surface area is 312 Å². The smallest absolute Gasteiger partial charge is 0.220 e. The maximum Gasteiger partial charge on any atom is 0.220 e. The van der Waals surface area contributed by atoms with E-state index >= 15 is 0 Å². The van der Waals surface area contributed by atoms with Gasteiger partial charge < -0.3 is 15.5 Å². The van der Waals surface area contributed by atoms with Crippen molar-refractivity contribution in [3.63, 3.8) is 0 Å². The van der Waals surface area contributed by atoms with Gasteiger partial charge in [-0.05, 0) is 57.8 Å². The molecule has 0 aliphatic rings. The predicted molar refractivity (Wildman–Crippen MR) is 221 cm³/mol.